The van der Waals surface area contributed by atoms with Crippen LogP contribution in [-0.2, 0) is 14.4 Å². The Balaban J connectivity index is 1.94. The molecule has 0 aromatic rings. The highest BCUT2D eigenvalue weighted by Gasteiger charge is 2.32. The summed E-state index contributed by atoms with van der Waals surface area (Å²) in [5.74, 6) is -0.736. The molecule has 2 aliphatic rings. The zero-order valence-electron chi connectivity index (χ0n) is 11.0. The summed E-state index contributed by atoms with van der Waals surface area (Å²) in [6.45, 7) is 0.762. The van der Waals surface area contributed by atoms with Crippen molar-refractivity contribution in [3.05, 3.63) is 0 Å². The molecule has 1 unspecified atom stereocenters. The molecule has 2 heterocycles. The van der Waals surface area contributed by atoms with E-state index in [1.54, 1.807) is 7.05 Å². The molecule has 106 valence electrons. The molecule has 7 heteroatoms. The highest BCUT2D eigenvalue weighted by Crippen LogP contribution is 2.13. The van der Waals surface area contributed by atoms with E-state index in [9.17, 15) is 19.5 Å². The van der Waals surface area contributed by atoms with Crippen molar-refractivity contribution in [2.75, 3.05) is 33.4 Å². The van der Waals surface area contributed by atoms with Gasteiger partial charge in [-0.25, -0.2) is 0 Å². The van der Waals surface area contributed by atoms with Crippen LogP contribution in [0.4, 0.5) is 0 Å². The third-order valence-corrected chi connectivity index (χ3v) is 3.57. The van der Waals surface area contributed by atoms with Gasteiger partial charge in [-0.2, -0.15) is 0 Å². The van der Waals surface area contributed by atoms with Gasteiger partial charge in [-0.05, 0) is 19.3 Å². The molecule has 0 aliphatic carbocycles. The molecule has 2 rings (SSSR count). The van der Waals surface area contributed by atoms with Gasteiger partial charge in [-0.1, -0.05) is 0 Å². The zero-order chi connectivity index (χ0) is 14.0. The van der Waals surface area contributed by atoms with Crippen molar-refractivity contribution in [3.8, 4) is 0 Å². The van der Waals surface area contributed by atoms with Crippen LogP contribution in [0, 0.1) is 0 Å². The number of likely N-dealkylation sites (tertiary alicyclic amines) is 1. The summed E-state index contributed by atoms with van der Waals surface area (Å²) in [5, 5.41) is 9.61. The van der Waals surface area contributed by atoms with Gasteiger partial charge in [0.25, 0.3) is 5.91 Å². The van der Waals surface area contributed by atoms with Gasteiger partial charge in [-0.3, -0.25) is 14.4 Å². The number of nitrogens with zero attached hydrogens (tertiary/aromatic N) is 3. The molecule has 7 nitrogen and oxygen atoms in total. The highest BCUT2D eigenvalue weighted by molar-refractivity contribution is 5.91. The Bertz CT molecular complexity index is 398. The molecule has 1 N–H and O–H groups in total. The number of hydrogen-bond acceptors (Lipinski definition) is 4. The van der Waals surface area contributed by atoms with E-state index in [-0.39, 0.29) is 37.5 Å². The number of carbonyl (C=O) groups excluding carboxylic acids is 3. The first-order valence-corrected chi connectivity index (χ1v) is 6.47. The highest BCUT2D eigenvalue weighted by atomic mass is 16.3. The monoisotopic (exact) mass is 269 g/mol. The molecule has 0 spiro atoms. The lowest BCUT2D eigenvalue weighted by molar-refractivity contribution is -0.145. The third kappa shape index (κ3) is 3.04. The van der Waals surface area contributed by atoms with Crippen molar-refractivity contribution >= 4 is 17.7 Å². The average molecular weight is 269 g/mol. The Morgan fingerprint density at radius 3 is 2.74 bits per heavy atom. The Hall–Kier alpha value is -1.63. The van der Waals surface area contributed by atoms with Crippen LogP contribution in [0.1, 0.15) is 19.3 Å². The molecule has 0 saturated carbocycles. The largest absolute Gasteiger partial charge is 0.383 e. The SMILES string of the molecule is CN1CN(C(=O)CN2CCCCC(O)C2=O)CC1=O. The van der Waals surface area contributed by atoms with Crippen LogP contribution in [0.15, 0.2) is 0 Å². The molecular weight excluding hydrogens is 250 g/mol. The van der Waals surface area contributed by atoms with E-state index in [0.717, 1.165) is 12.8 Å². The number of amides is 3. The molecule has 2 aliphatic heterocycles. The molecule has 19 heavy (non-hydrogen) atoms. The Morgan fingerprint density at radius 2 is 2.11 bits per heavy atom. The lowest BCUT2D eigenvalue weighted by atomic mass is 10.2. The average Bonchev–Trinajstić information content (AvgIpc) is 2.63. The van der Waals surface area contributed by atoms with E-state index in [1.165, 1.54) is 14.7 Å². The number of carbonyl (C=O) groups is 3. The minimum atomic E-state index is -1.00. The summed E-state index contributed by atoms with van der Waals surface area (Å²) in [4.78, 5) is 39.5. The molecule has 0 radical (unpaired) electrons. The molecule has 0 bridgehead atoms. The maximum absolute atomic E-state index is 12.0. The Labute approximate surface area is 111 Å². The minimum absolute atomic E-state index is 0.0585. The van der Waals surface area contributed by atoms with E-state index in [2.05, 4.69) is 0 Å². The number of rotatable bonds is 2. The number of aliphatic hydroxyl groups is 1. The van der Waals surface area contributed by atoms with E-state index >= 15 is 0 Å². The second-order valence-electron chi connectivity index (χ2n) is 5.10. The lowest BCUT2D eigenvalue weighted by Gasteiger charge is -2.24. The molecule has 2 fully saturated rings. The summed E-state index contributed by atoms with van der Waals surface area (Å²) in [5.41, 5.74) is 0. The summed E-state index contributed by atoms with van der Waals surface area (Å²) >= 11 is 0. The summed E-state index contributed by atoms with van der Waals surface area (Å²) in [7, 11) is 1.64. The second kappa shape index (κ2) is 5.56. The van der Waals surface area contributed by atoms with E-state index in [0.29, 0.717) is 13.0 Å². The quantitative estimate of drug-likeness (QED) is 0.670. The van der Waals surface area contributed by atoms with Gasteiger partial charge in [0.2, 0.25) is 11.8 Å². The van der Waals surface area contributed by atoms with Crippen LogP contribution >= 0.6 is 0 Å². The van der Waals surface area contributed by atoms with Gasteiger partial charge in [0.15, 0.2) is 0 Å². The normalized spacial score (nSPS) is 24.9. The van der Waals surface area contributed by atoms with Crippen molar-refractivity contribution < 1.29 is 19.5 Å². The first-order valence-electron chi connectivity index (χ1n) is 6.47. The van der Waals surface area contributed by atoms with Crippen LogP contribution < -0.4 is 0 Å². The fourth-order valence-electron chi connectivity index (χ4n) is 2.34. The van der Waals surface area contributed by atoms with E-state index < -0.39 is 6.10 Å². The summed E-state index contributed by atoms with van der Waals surface area (Å²) in [6, 6.07) is 0. The predicted octanol–water partition coefficient (Wildman–Crippen LogP) is -1.38. The molecular formula is C12H19N3O4. The second-order valence-corrected chi connectivity index (χ2v) is 5.10. The number of likely N-dealkylation sites (N-methyl/N-ethyl adjacent to an activating group) is 1. The number of aliphatic hydroxyl groups excluding tert-OH is 1. The first-order chi connectivity index (χ1) is 8.99. The smallest absolute Gasteiger partial charge is 0.251 e. The lowest BCUT2D eigenvalue weighted by Crippen LogP contribution is -2.45. The molecule has 0 aromatic heterocycles. The summed E-state index contributed by atoms with van der Waals surface area (Å²) < 4.78 is 0. The summed E-state index contributed by atoms with van der Waals surface area (Å²) in [6.07, 6.45) is 1.02. The van der Waals surface area contributed by atoms with Gasteiger partial charge >= 0.3 is 0 Å². The molecule has 2 saturated heterocycles. The van der Waals surface area contributed by atoms with Crippen molar-refractivity contribution in [2.24, 2.45) is 0 Å². The maximum atomic E-state index is 12.0. The first kappa shape index (κ1) is 13.8. The van der Waals surface area contributed by atoms with Gasteiger partial charge in [0.05, 0.1) is 13.2 Å². The third-order valence-electron chi connectivity index (χ3n) is 3.57. The van der Waals surface area contributed by atoms with E-state index in [1.807, 2.05) is 0 Å². The van der Waals surface area contributed by atoms with Crippen LogP contribution in [-0.4, -0.2) is 77.0 Å². The predicted molar refractivity (Wildman–Crippen MR) is 65.8 cm³/mol. The standard InChI is InChI=1S/C12H19N3O4/c1-13-8-15(6-10(13)17)11(18)7-14-5-3-2-4-9(16)12(14)19/h9,16H,2-8H2,1H3. The van der Waals surface area contributed by atoms with Gasteiger partial charge in [-0.15, -0.1) is 0 Å². The minimum Gasteiger partial charge on any atom is -0.383 e. The Kier molecular flexibility index (Phi) is 4.04. The molecule has 3 amide bonds. The maximum Gasteiger partial charge on any atom is 0.251 e. The fraction of sp³-hybridized carbons (Fsp3) is 0.750. The van der Waals surface area contributed by atoms with Gasteiger partial charge in [0.1, 0.15) is 12.6 Å². The fourth-order valence-corrected chi connectivity index (χ4v) is 2.34. The van der Waals surface area contributed by atoms with Crippen molar-refractivity contribution in [3.63, 3.8) is 0 Å². The molecule has 0 aromatic carbocycles. The topological polar surface area (TPSA) is 81.2 Å². The molecule has 1 atom stereocenters. The van der Waals surface area contributed by atoms with Gasteiger partial charge < -0.3 is 19.8 Å². The van der Waals surface area contributed by atoms with Crippen molar-refractivity contribution in [1.29, 1.82) is 0 Å². The van der Waals surface area contributed by atoms with Crippen LogP contribution in [0.5, 0.6) is 0 Å². The van der Waals surface area contributed by atoms with Gasteiger partial charge in [0, 0.05) is 13.6 Å². The zero-order valence-corrected chi connectivity index (χ0v) is 11.0. The van der Waals surface area contributed by atoms with E-state index in [4.69, 9.17) is 0 Å². The Morgan fingerprint density at radius 1 is 1.37 bits per heavy atom. The van der Waals surface area contributed by atoms with Crippen molar-refractivity contribution in [1.82, 2.24) is 14.7 Å². The van der Waals surface area contributed by atoms with Crippen LogP contribution in [0.25, 0.3) is 0 Å². The van der Waals surface area contributed by atoms with Crippen LogP contribution in [0.3, 0.4) is 0 Å². The van der Waals surface area contributed by atoms with Crippen molar-refractivity contribution in [2.45, 2.75) is 25.4 Å². The number of hydrogen-bond donors (Lipinski definition) is 1. The van der Waals surface area contributed by atoms with Crippen LogP contribution in [0.2, 0.25) is 0 Å².